The van der Waals surface area contributed by atoms with Gasteiger partial charge in [0, 0.05) is 17.8 Å². The summed E-state index contributed by atoms with van der Waals surface area (Å²) < 4.78 is 4.79. The van der Waals surface area contributed by atoms with E-state index in [-0.39, 0.29) is 24.1 Å². The van der Waals surface area contributed by atoms with Crippen molar-refractivity contribution >= 4 is 11.9 Å². The zero-order valence-electron chi connectivity index (χ0n) is 13.2. The second-order valence-electron chi connectivity index (χ2n) is 6.34. The van der Waals surface area contributed by atoms with E-state index in [0.29, 0.717) is 35.4 Å². The Labute approximate surface area is 129 Å². The summed E-state index contributed by atoms with van der Waals surface area (Å²) in [5.74, 6) is -0.502. The fourth-order valence-corrected chi connectivity index (χ4v) is 3.98. The first-order valence-electron chi connectivity index (χ1n) is 7.72. The van der Waals surface area contributed by atoms with Gasteiger partial charge in [0.05, 0.1) is 18.8 Å². The molecule has 3 rings (SSSR count). The molecule has 0 aromatic carbocycles. The van der Waals surface area contributed by atoms with Crippen molar-refractivity contribution in [2.75, 3.05) is 7.11 Å². The van der Waals surface area contributed by atoms with E-state index in [1.54, 1.807) is 13.8 Å². The number of hydrogen-bond donors (Lipinski definition) is 2. The van der Waals surface area contributed by atoms with Gasteiger partial charge in [0.2, 0.25) is 0 Å². The fourth-order valence-electron chi connectivity index (χ4n) is 3.98. The highest BCUT2D eigenvalue weighted by Gasteiger charge is 2.43. The van der Waals surface area contributed by atoms with Crippen molar-refractivity contribution in [3.8, 4) is 0 Å². The predicted molar refractivity (Wildman–Crippen MR) is 79.8 cm³/mol. The summed E-state index contributed by atoms with van der Waals surface area (Å²) in [5, 5.41) is 9.86. The van der Waals surface area contributed by atoms with Gasteiger partial charge in [0.1, 0.15) is 5.69 Å². The first kappa shape index (κ1) is 15.1. The summed E-state index contributed by atoms with van der Waals surface area (Å²) in [7, 11) is 1.34. The molecule has 2 atom stereocenters. The van der Waals surface area contributed by atoms with E-state index < -0.39 is 5.97 Å². The van der Waals surface area contributed by atoms with E-state index in [1.165, 1.54) is 7.11 Å². The van der Waals surface area contributed by atoms with Gasteiger partial charge < -0.3 is 19.7 Å². The van der Waals surface area contributed by atoms with Gasteiger partial charge in [-0.1, -0.05) is 0 Å². The lowest BCUT2D eigenvalue weighted by atomic mass is 9.99. The zero-order chi connectivity index (χ0) is 16.0. The molecule has 2 fully saturated rings. The normalized spacial score (nSPS) is 27.1. The second kappa shape index (κ2) is 5.43. The number of piperidine rings is 1. The van der Waals surface area contributed by atoms with Crippen LogP contribution in [-0.2, 0) is 4.74 Å². The predicted octanol–water partition coefficient (Wildman–Crippen LogP) is 1.55. The summed E-state index contributed by atoms with van der Waals surface area (Å²) in [6.45, 7) is 3.54. The number of esters is 1. The lowest BCUT2D eigenvalue weighted by molar-refractivity contribution is 0.0282. The Bertz CT molecular complexity index is 608. The number of amides is 1. The van der Waals surface area contributed by atoms with Gasteiger partial charge in [0.25, 0.3) is 5.91 Å². The molecular weight excluding hydrogens is 284 g/mol. The Hall–Kier alpha value is -1.82. The molecule has 2 aliphatic rings. The van der Waals surface area contributed by atoms with Gasteiger partial charge in [-0.2, -0.15) is 0 Å². The number of nitrogens with one attached hydrogen (secondary N) is 1. The van der Waals surface area contributed by atoms with E-state index in [1.807, 2.05) is 4.90 Å². The molecule has 0 radical (unpaired) electrons. The van der Waals surface area contributed by atoms with Crippen LogP contribution in [0.2, 0.25) is 0 Å². The smallest absolute Gasteiger partial charge is 0.339 e. The number of carbonyl (C=O) groups excluding carboxylic acids is 2. The molecule has 2 N–H and O–H groups in total. The first-order valence-corrected chi connectivity index (χ1v) is 7.72. The minimum Gasteiger partial charge on any atom is -0.465 e. The molecule has 0 aliphatic carbocycles. The van der Waals surface area contributed by atoms with Gasteiger partial charge in [-0.05, 0) is 45.1 Å². The van der Waals surface area contributed by atoms with Crippen LogP contribution in [0.4, 0.5) is 0 Å². The molecule has 1 aromatic rings. The molecule has 1 amide bonds. The number of ether oxygens (including phenoxy) is 1. The summed E-state index contributed by atoms with van der Waals surface area (Å²) in [4.78, 5) is 29.7. The summed E-state index contributed by atoms with van der Waals surface area (Å²) in [5.41, 5.74) is 2.19. The SMILES string of the molecule is COC(=O)c1c(C)[nH]c(C(=O)N2[C@H]3CC[C@H]2CC(O)C3)c1C. The fraction of sp³-hybridized carbons (Fsp3) is 0.625. The number of aliphatic hydroxyl groups excluding tert-OH is 1. The maximum absolute atomic E-state index is 12.9. The average molecular weight is 306 g/mol. The van der Waals surface area contributed by atoms with Gasteiger partial charge >= 0.3 is 5.97 Å². The Morgan fingerprint density at radius 1 is 1.23 bits per heavy atom. The Kier molecular flexibility index (Phi) is 3.72. The Morgan fingerprint density at radius 2 is 1.82 bits per heavy atom. The average Bonchev–Trinajstić information content (AvgIpc) is 2.92. The van der Waals surface area contributed by atoms with Gasteiger partial charge in [-0.15, -0.1) is 0 Å². The largest absolute Gasteiger partial charge is 0.465 e. The van der Waals surface area contributed by atoms with Gasteiger partial charge in [-0.25, -0.2) is 4.79 Å². The van der Waals surface area contributed by atoms with Crippen molar-refractivity contribution in [3.05, 3.63) is 22.5 Å². The van der Waals surface area contributed by atoms with Crippen molar-refractivity contribution in [1.29, 1.82) is 0 Å². The third kappa shape index (κ3) is 2.22. The van der Waals surface area contributed by atoms with Crippen LogP contribution in [0.3, 0.4) is 0 Å². The van der Waals surface area contributed by atoms with Crippen LogP contribution in [0.5, 0.6) is 0 Å². The van der Waals surface area contributed by atoms with Crippen molar-refractivity contribution in [2.45, 2.75) is 57.7 Å². The van der Waals surface area contributed by atoms with Crippen molar-refractivity contribution in [3.63, 3.8) is 0 Å². The summed E-state index contributed by atoms with van der Waals surface area (Å²) >= 11 is 0. The zero-order valence-corrected chi connectivity index (χ0v) is 13.2. The van der Waals surface area contributed by atoms with Crippen LogP contribution in [0.25, 0.3) is 0 Å². The number of hydrogen-bond acceptors (Lipinski definition) is 4. The standard InChI is InChI=1S/C16H22N2O4/c1-8-13(16(21)22-3)9(2)17-14(8)15(20)18-10-4-5-11(18)7-12(19)6-10/h10-12,17,19H,4-7H2,1-3H3/t10-,11-/m0/s1. The van der Waals surface area contributed by atoms with E-state index in [0.717, 1.165) is 12.8 Å². The third-order valence-electron chi connectivity index (χ3n) is 4.98. The van der Waals surface area contributed by atoms with Crippen LogP contribution in [0.1, 0.15) is 57.8 Å². The van der Waals surface area contributed by atoms with Crippen LogP contribution >= 0.6 is 0 Å². The van der Waals surface area contributed by atoms with Crippen LogP contribution in [0.15, 0.2) is 0 Å². The Morgan fingerprint density at radius 3 is 2.36 bits per heavy atom. The maximum Gasteiger partial charge on any atom is 0.339 e. The molecule has 1 aromatic heterocycles. The second-order valence-corrected chi connectivity index (χ2v) is 6.34. The minimum absolute atomic E-state index is 0.0739. The molecule has 6 heteroatoms. The monoisotopic (exact) mass is 306 g/mol. The number of aromatic nitrogens is 1. The highest BCUT2D eigenvalue weighted by Crippen LogP contribution is 2.37. The van der Waals surface area contributed by atoms with Gasteiger partial charge in [0.15, 0.2) is 0 Å². The molecule has 22 heavy (non-hydrogen) atoms. The Balaban J connectivity index is 1.92. The number of methoxy groups -OCH3 is 1. The van der Waals surface area contributed by atoms with Crippen molar-refractivity contribution in [1.82, 2.24) is 9.88 Å². The summed E-state index contributed by atoms with van der Waals surface area (Å²) in [6, 6.07) is 0.205. The van der Waals surface area contributed by atoms with E-state index in [2.05, 4.69) is 4.98 Å². The van der Waals surface area contributed by atoms with E-state index >= 15 is 0 Å². The molecule has 2 bridgehead atoms. The third-order valence-corrected chi connectivity index (χ3v) is 4.98. The number of aryl methyl sites for hydroxylation is 1. The number of carbonyl (C=O) groups is 2. The molecule has 0 spiro atoms. The minimum atomic E-state index is -0.428. The summed E-state index contributed by atoms with van der Waals surface area (Å²) in [6.07, 6.45) is 2.86. The number of fused-ring (bicyclic) bond motifs is 2. The number of aromatic amines is 1. The van der Waals surface area contributed by atoms with Crippen molar-refractivity contribution in [2.24, 2.45) is 0 Å². The lowest BCUT2D eigenvalue weighted by Gasteiger charge is -2.37. The van der Waals surface area contributed by atoms with E-state index in [9.17, 15) is 14.7 Å². The van der Waals surface area contributed by atoms with Crippen molar-refractivity contribution < 1.29 is 19.4 Å². The number of H-pyrrole nitrogens is 1. The van der Waals surface area contributed by atoms with Gasteiger partial charge in [-0.3, -0.25) is 4.79 Å². The molecule has 3 heterocycles. The first-order chi connectivity index (χ1) is 10.4. The molecule has 2 saturated heterocycles. The quantitative estimate of drug-likeness (QED) is 0.812. The topological polar surface area (TPSA) is 82.6 Å². The number of nitrogens with zero attached hydrogens (tertiary/aromatic N) is 1. The van der Waals surface area contributed by atoms with Crippen LogP contribution < -0.4 is 0 Å². The highest BCUT2D eigenvalue weighted by molar-refractivity contribution is 6.00. The molecule has 6 nitrogen and oxygen atoms in total. The number of rotatable bonds is 2. The number of aliphatic hydroxyl groups is 1. The highest BCUT2D eigenvalue weighted by atomic mass is 16.5. The molecule has 0 unspecified atom stereocenters. The molecule has 0 saturated carbocycles. The molecule has 2 aliphatic heterocycles. The molecular formula is C16H22N2O4. The maximum atomic E-state index is 12.9. The van der Waals surface area contributed by atoms with E-state index in [4.69, 9.17) is 4.74 Å². The van der Waals surface area contributed by atoms with Crippen LogP contribution in [-0.4, -0.2) is 52.2 Å². The molecule has 120 valence electrons. The lowest BCUT2D eigenvalue weighted by Crippen LogP contribution is -2.48. The van der Waals surface area contributed by atoms with Crippen LogP contribution in [0, 0.1) is 13.8 Å².